The summed E-state index contributed by atoms with van der Waals surface area (Å²) in [5.74, 6) is -1.88. The van der Waals surface area contributed by atoms with E-state index in [1.807, 2.05) is 25.1 Å². The molecule has 166 valence electrons. The van der Waals surface area contributed by atoms with Crippen molar-refractivity contribution in [3.05, 3.63) is 94.8 Å². The number of hydrogen-bond acceptors (Lipinski definition) is 5. The average Bonchev–Trinajstić information content (AvgIpc) is 2.83. The number of hydrogen-bond donors (Lipinski definition) is 1. The lowest BCUT2D eigenvalue weighted by Gasteiger charge is -2.11. The van der Waals surface area contributed by atoms with E-state index in [0.29, 0.717) is 11.3 Å². The predicted molar refractivity (Wildman–Crippen MR) is 122 cm³/mol. The highest BCUT2D eigenvalue weighted by molar-refractivity contribution is 6.09. The van der Waals surface area contributed by atoms with Crippen LogP contribution in [0.5, 0.6) is 11.5 Å². The number of esters is 1. The highest BCUT2D eigenvalue weighted by Gasteiger charge is 2.17. The van der Waals surface area contributed by atoms with Crippen LogP contribution >= 0.6 is 0 Å². The third kappa shape index (κ3) is 5.83. The van der Waals surface area contributed by atoms with Crippen LogP contribution in [-0.2, 0) is 11.2 Å². The molecule has 0 aliphatic heterocycles. The second kappa shape index (κ2) is 10.7. The Kier molecular flexibility index (Phi) is 7.55. The average molecular weight is 444 g/mol. The molecule has 3 aromatic carbocycles. The molecule has 0 heterocycles. The van der Waals surface area contributed by atoms with Gasteiger partial charge in [-0.3, -0.25) is 4.79 Å². The van der Waals surface area contributed by atoms with Crippen LogP contribution < -0.4 is 14.8 Å². The van der Waals surface area contributed by atoms with Gasteiger partial charge in [0.1, 0.15) is 17.5 Å². The summed E-state index contributed by atoms with van der Waals surface area (Å²) in [5.41, 5.74) is 1.86. The zero-order chi connectivity index (χ0) is 23.8. The largest absolute Gasteiger partial charge is 0.493 e. The van der Waals surface area contributed by atoms with E-state index in [9.17, 15) is 19.2 Å². The number of rotatable bonds is 7. The van der Waals surface area contributed by atoms with E-state index in [0.717, 1.165) is 18.1 Å². The number of nitriles is 1. The molecule has 0 atom stereocenters. The molecule has 1 N–H and O–H groups in total. The molecule has 0 saturated carbocycles. The highest BCUT2D eigenvalue weighted by Crippen LogP contribution is 2.30. The Labute approximate surface area is 190 Å². The van der Waals surface area contributed by atoms with Crippen molar-refractivity contribution in [3.8, 4) is 17.6 Å². The van der Waals surface area contributed by atoms with Crippen molar-refractivity contribution in [3.63, 3.8) is 0 Å². The van der Waals surface area contributed by atoms with Gasteiger partial charge in [0.2, 0.25) is 0 Å². The second-order valence-corrected chi connectivity index (χ2v) is 6.95. The van der Waals surface area contributed by atoms with E-state index < -0.39 is 17.7 Å². The standard InChI is InChI=1S/C26H21FN2O4/c1-3-17-8-11-20(12-9-17)29-25(30)19(16-28)14-18-10-13-23(24(15-18)32-2)33-26(31)21-6-4-5-7-22(21)27/h4-15H,3H2,1-2H3,(H,29,30)/b19-14+. The molecule has 33 heavy (non-hydrogen) atoms. The molecule has 0 radical (unpaired) electrons. The molecule has 0 unspecified atom stereocenters. The van der Waals surface area contributed by atoms with Gasteiger partial charge in [0, 0.05) is 5.69 Å². The van der Waals surface area contributed by atoms with Crippen LogP contribution in [0.1, 0.15) is 28.4 Å². The second-order valence-electron chi connectivity index (χ2n) is 6.95. The number of methoxy groups -OCH3 is 1. The Morgan fingerprint density at radius 3 is 2.42 bits per heavy atom. The predicted octanol–water partition coefficient (Wildman–Crippen LogP) is 5.16. The fourth-order valence-corrected chi connectivity index (χ4v) is 2.98. The third-order valence-corrected chi connectivity index (χ3v) is 4.78. The van der Waals surface area contributed by atoms with E-state index in [-0.39, 0.29) is 22.6 Å². The van der Waals surface area contributed by atoms with E-state index in [4.69, 9.17) is 9.47 Å². The highest BCUT2D eigenvalue weighted by atomic mass is 19.1. The molecule has 3 aromatic rings. The first-order chi connectivity index (χ1) is 15.9. The lowest BCUT2D eigenvalue weighted by atomic mass is 10.1. The minimum absolute atomic E-state index is 0.0712. The van der Waals surface area contributed by atoms with Crippen molar-refractivity contribution in [2.24, 2.45) is 0 Å². The Hall–Kier alpha value is -4.44. The van der Waals surface area contributed by atoms with Crippen molar-refractivity contribution in [1.82, 2.24) is 0 Å². The topological polar surface area (TPSA) is 88.4 Å². The number of carbonyl (C=O) groups is 2. The SMILES string of the molecule is CCc1ccc(NC(=O)/C(C#N)=C/c2ccc(OC(=O)c3ccccc3F)c(OC)c2)cc1. The van der Waals surface area contributed by atoms with Crippen LogP contribution in [-0.4, -0.2) is 19.0 Å². The van der Waals surface area contributed by atoms with Crippen LogP contribution in [0.2, 0.25) is 0 Å². The number of aryl methyl sites for hydroxylation is 1. The van der Waals surface area contributed by atoms with Crippen molar-refractivity contribution < 1.29 is 23.5 Å². The van der Waals surface area contributed by atoms with Gasteiger partial charge in [0.05, 0.1) is 12.7 Å². The van der Waals surface area contributed by atoms with Gasteiger partial charge in [-0.1, -0.05) is 37.3 Å². The van der Waals surface area contributed by atoms with E-state index in [1.165, 1.54) is 43.5 Å². The zero-order valence-corrected chi connectivity index (χ0v) is 18.1. The third-order valence-electron chi connectivity index (χ3n) is 4.78. The molecule has 6 nitrogen and oxygen atoms in total. The van der Waals surface area contributed by atoms with Gasteiger partial charge in [0.25, 0.3) is 5.91 Å². The summed E-state index contributed by atoms with van der Waals surface area (Å²) in [6, 6.07) is 19.2. The molecule has 0 fully saturated rings. The number of halogens is 1. The molecule has 0 saturated heterocycles. The first-order valence-electron chi connectivity index (χ1n) is 10.1. The quantitative estimate of drug-likeness (QED) is 0.235. The number of ether oxygens (including phenoxy) is 2. The molecule has 0 bridgehead atoms. The lowest BCUT2D eigenvalue weighted by Crippen LogP contribution is -2.13. The van der Waals surface area contributed by atoms with Crippen molar-refractivity contribution in [2.45, 2.75) is 13.3 Å². The number of benzene rings is 3. The number of nitrogens with one attached hydrogen (secondary N) is 1. The summed E-state index contributed by atoms with van der Waals surface area (Å²) in [6.07, 6.45) is 2.27. The van der Waals surface area contributed by atoms with Gasteiger partial charge in [0.15, 0.2) is 11.5 Å². The molecule has 0 aliphatic rings. The first-order valence-corrected chi connectivity index (χ1v) is 10.1. The summed E-state index contributed by atoms with van der Waals surface area (Å²) in [6.45, 7) is 2.03. The monoisotopic (exact) mass is 444 g/mol. The molecular weight excluding hydrogens is 423 g/mol. The van der Waals surface area contributed by atoms with Gasteiger partial charge in [-0.15, -0.1) is 0 Å². The molecule has 7 heteroatoms. The number of carbonyl (C=O) groups excluding carboxylic acids is 2. The zero-order valence-electron chi connectivity index (χ0n) is 18.1. The first kappa shape index (κ1) is 23.2. The molecule has 0 aromatic heterocycles. The Balaban J connectivity index is 1.79. The fourth-order valence-electron chi connectivity index (χ4n) is 2.98. The smallest absolute Gasteiger partial charge is 0.346 e. The fraction of sp³-hybridized carbons (Fsp3) is 0.115. The Bertz CT molecular complexity index is 1240. The molecule has 3 rings (SSSR count). The maximum absolute atomic E-state index is 13.8. The minimum Gasteiger partial charge on any atom is -0.493 e. The summed E-state index contributed by atoms with van der Waals surface area (Å²) in [7, 11) is 1.38. The number of nitrogens with zero attached hydrogens (tertiary/aromatic N) is 1. The molecule has 0 spiro atoms. The van der Waals surface area contributed by atoms with Gasteiger partial charge in [-0.25, -0.2) is 9.18 Å². The summed E-state index contributed by atoms with van der Waals surface area (Å²) < 4.78 is 24.4. The van der Waals surface area contributed by atoms with Crippen molar-refractivity contribution >= 4 is 23.6 Å². The summed E-state index contributed by atoms with van der Waals surface area (Å²) in [4.78, 5) is 24.8. The molecule has 0 aliphatic carbocycles. The summed E-state index contributed by atoms with van der Waals surface area (Å²) in [5, 5.41) is 12.1. The van der Waals surface area contributed by atoms with Crippen LogP contribution in [0.3, 0.4) is 0 Å². The van der Waals surface area contributed by atoms with E-state index in [1.54, 1.807) is 18.2 Å². The van der Waals surface area contributed by atoms with Crippen molar-refractivity contribution in [2.75, 3.05) is 12.4 Å². The normalized spacial score (nSPS) is 10.8. The Morgan fingerprint density at radius 2 is 1.79 bits per heavy atom. The maximum atomic E-state index is 13.8. The lowest BCUT2D eigenvalue weighted by molar-refractivity contribution is -0.112. The van der Waals surface area contributed by atoms with Crippen LogP contribution in [0.15, 0.2) is 72.3 Å². The van der Waals surface area contributed by atoms with Crippen LogP contribution in [0, 0.1) is 17.1 Å². The van der Waals surface area contributed by atoms with Crippen LogP contribution in [0.25, 0.3) is 6.08 Å². The van der Waals surface area contributed by atoms with Gasteiger partial charge >= 0.3 is 5.97 Å². The number of anilines is 1. The maximum Gasteiger partial charge on any atom is 0.346 e. The summed E-state index contributed by atoms with van der Waals surface area (Å²) >= 11 is 0. The minimum atomic E-state index is -0.874. The van der Waals surface area contributed by atoms with E-state index >= 15 is 0 Å². The van der Waals surface area contributed by atoms with Crippen LogP contribution in [0.4, 0.5) is 10.1 Å². The van der Waals surface area contributed by atoms with Gasteiger partial charge in [-0.05, 0) is 60.0 Å². The molecule has 1 amide bonds. The van der Waals surface area contributed by atoms with Gasteiger partial charge < -0.3 is 14.8 Å². The molecular formula is C26H21FN2O4. The van der Waals surface area contributed by atoms with E-state index in [2.05, 4.69) is 5.32 Å². The Morgan fingerprint density at radius 1 is 1.06 bits per heavy atom. The van der Waals surface area contributed by atoms with Gasteiger partial charge in [-0.2, -0.15) is 5.26 Å². The van der Waals surface area contributed by atoms with Crippen molar-refractivity contribution in [1.29, 1.82) is 5.26 Å². The number of amides is 1.